The Kier molecular flexibility index (Phi) is 5.18. The molecule has 1 aliphatic rings. The lowest BCUT2D eigenvalue weighted by atomic mass is 10.3. The summed E-state index contributed by atoms with van der Waals surface area (Å²) >= 11 is 0. The SMILES string of the molecule is COCC(C)Nc1nc(C)cn1CC1COCCO1. The molecule has 1 aromatic heterocycles. The van der Waals surface area contributed by atoms with E-state index in [0.29, 0.717) is 26.4 Å². The van der Waals surface area contributed by atoms with E-state index < -0.39 is 0 Å². The average Bonchev–Trinajstić information content (AvgIpc) is 2.71. The van der Waals surface area contributed by atoms with Gasteiger partial charge in [0.1, 0.15) is 0 Å². The van der Waals surface area contributed by atoms with Gasteiger partial charge >= 0.3 is 0 Å². The number of aromatic nitrogens is 2. The lowest BCUT2D eigenvalue weighted by Gasteiger charge is -2.24. The van der Waals surface area contributed by atoms with E-state index in [9.17, 15) is 0 Å². The summed E-state index contributed by atoms with van der Waals surface area (Å²) in [6, 6.07) is 0.217. The third-order valence-corrected chi connectivity index (χ3v) is 2.97. The maximum absolute atomic E-state index is 5.67. The van der Waals surface area contributed by atoms with Gasteiger partial charge in [0, 0.05) is 19.3 Å². The molecule has 0 aliphatic carbocycles. The topological polar surface area (TPSA) is 57.5 Å². The quantitative estimate of drug-likeness (QED) is 0.836. The van der Waals surface area contributed by atoms with Crippen LogP contribution in [0.1, 0.15) is 12.6 Å². The molecule has 6 nitrogen and oxygen atoms in total. The Morgan fingerprint density at radius 2 is 2.42 bits per heavy atom. The highest BCUT2D eigenvalue weighted by Crippen LogP contribution is 2.13. The molecule has 1 saturated heterocycles. The van der Waals surface area contributed by atoms with E-state index in [4.69, 9.17) is 14.2 Å². The number of imidazole rings is 1. The van der Waals surface area contributed by atoms with Gasteiger partial charge in [0.15, 0.2) is 0 Å². The van der Waals surface area contributed by atoms with Crippen molar-refractivity contribution in [2.75, 3.05) is 38.9 Å². The van der Waals surface area contributed by atoms with Gasteiger partial charge in [-0.3, -0.25) is 0 Å². The number of ether oxygens (including phenoxy) is 3. The Hall–Kier alpha value is -1.11. The second-order valence-corrected chi connectivity index (χ2v) is 4.93. The van der Waals surface area contributed by atoms with E-state index >= 15 is 0 Å². The fraction of sp³-hybridized carbons (Fsp3) is 0.769. The molecule has 2 unspecified atom stereocenters. The highest BCUT2D eigenvalue weighted by Gasteiger charge is 2.17. The predicted octanol–water partition coefficient (Wildman–Crippen LogP) is 1.05. The lowest BCUT2D eigenvalue weighted by Crippen LogP contribution is -2.33. The number of aryl methyl sites for hydroxylation is 1. The molecule has 0 aromatic carbocycles. The van der Waals surface area contributed by atoms with Crippen LogP contribution in [0.4, 0.5) is 5.95 Å². The molecular formula is C13H23N3O3. The molecule has 0 saturated carbocycles. The van der Waals surface area contributed by atoms with Crippen LogP contribution in [-0.2, 0) is 20.8 Å². The van der Waals surface area contributed by atoms with Crippen molar-refractivity contribution in [3.63, 3.8) is 0 Å². The van der Waals surface area contributed by atoms with Crippen molar-refractivity contribution in [1.29, 1.82) is 0 Å². The van der Waals surface area contributed by atoms with Gasteiger partial charge in [-0.2, -0.15) is 0 Å². The second-order valence-electron chi connectivity index (χ2n) is 4.93. The largest absolute Gasteiger partial charge is 0.383 e. The zero-order chi connectivity index (χ0) is 13.7. The Labute approximate surface area is 114 Å². The Morgan fingerprint density at radius 1 is 1.58 bits per heavy atom. The van der Waals surface area contributed by atoms with Gasteiger partial charge in [0.2, 0.25) is 5.95 Å². The monoisotopic (exact) mass is 269 g/mol. The van der Waals surface area contributed by atoms with Gasteiger partial charge in [-0.1, -0.05) is 0 Å². The normalized spacial score (nSPS) is 21.3. The minimum Gasteiger partial charge on any atom is -0.383 e. The Morgan fingerprint density at radius 3 is 3.11 bits per heavy atom. The zero-order valence-electron chi connectivity index (χ0n) is 11.9. The van der Waals surface area contributed by atoms with Crippen LogP contribution in [0.5, 0.6) is 0 Å². The molecular weight excluding hydrogens is 246 g/mol. The molecule has 2 rings (SSSR count). The molecule has 0 spiro atoms. The third kappa shape index (κ3) is 4.19. The van der Waals surface area contributed by atoms with Crippen molar-refractivity contribution in [3.8, 4) is 0 Å². The molecule has 0 amide bonds. The first-order valence-corrected chi connectivity index (χ1v) is 6.67. The molecule has 0 radical (unpaired) electrons. The predicted molar refractivity (Wildman–Crippen MR) is 72.5 cm³/mol. The van der Waals surface area contributed by atoms with Crippen LogP contribution in [-0.4, -0.2) is 55.2 Å². The van der Waals surface area contributed by atoms with Gasteiger partial charge in [-0.15, -0.1) is 0 Å². The van der Waals surface area contributed by atoms with Crippen molar-refractivity contribution >= 4 is 5.95 Å². The molecule has 1 aliphatic heterocycles. The van der Waals surface area contributed by atoms with Gasteiger partial charge < -0.3 is 24.1 Å². The highest BCUT2D eigenvalue weighted by molar-refractivity contribution is 5.30. The van der Waals surface area contributed by atoms with Gasteiger partial charge in [0.25, 0.3) is 0 Å². The lowest BCUT2D eigenvalue weighted by molar-refractivity contribution is -0.0934. The van der Waals surface area contributed by atoms with Crippen molar-refractivity contribution < 1.29 is 14.2 Å². The molecule has 108 valence electrons. The summed E-state index contributed by atoms with van der Waals surface area (Å²) in [7, 11) is 1.70. The number of anilines is 1. The number of nitrogens with zero attached hydrogens (tertiary/aromatic N) is 2. The summed E-state index contributed by atoms with van der Waals surface area (Å²) in [6.07, 6.45) is 2.13. The van der Waals surface area contributed by atoms with Crippen LogP contribution in [0.15, 0.2) is 6.20 Å². The molecule has 1 fully saturated rings. The van der Waals surface area contributed by atoms with E-state index in [2.05, 4.69) is 21.8 Å². The van der Waals surface area contributed by atoms with Gasteiger partial charge in [-0.05, 0) is 13.8 Å². The van der Waals surface area contributed by atoms with E-state index in [-0.39, 0.29) is 12.1 Å². The number of nitrogens with one attached hydrogen (secondary N) is 1. The summed E-state index contributed by atoms with van der Waals surface area (Å²) in [5.74, 6) is 0.858. The van der Waals surface area contributed by atoms with E-state index in [1.54, 1.807) is 7.11 Å². The number of hydrogen-bond donors (Lipinski definition) is 1. The molecule has 6 heteroatoms. The molecule has 1 aromatic rings. The summed E-state index contributed by atoms with van der Waals surface area (Å²) in [6.45, 7) is 7.46. The fourth-order valence-corrected chi connectivity index (χ4v) is 2.17. The summed E-state index contributed by atoms with van der Waals surface area (Å²) in [5.41, 5.74) is 0.990. The minimum atomic E-state index is 0.0978. The molecule has 2 heterocycles. The summed E-state index contributed by atoms with van der Waals surface area (Å²) in [5, 5.41) is 3.35. The van der Waals surface area contributed by atoms with Crippen LogP contribution < -0.4 is 5.32 Å². The van der Waals surface area contributed by atoms with E-state index in [1.807, 2.05) is 13.1 Å². The van der Waals surface area contributed by atoms with Crippen molar-refractivity contribution in [2.24, 2.45) is 0 Å². The maximum Gasteiger partial charge on any atom is 0.203 e. The van der Waals surface area contributed by atoms with Crippen LogP contribution >= 0.6 is 0 Å². The van der Waals surface area contributed by atoms with Crippen molar-refractivity contribution in [3.05, 3.63) is 11.9 Å². The van der Waals surface area contributed by atoms with Gasteiger partial charge in [0.05, 0.1) is 44.8 Å². The summed E-state index contributed by atoms with van der Waals surface area (Å²) in [4.78, 5) is 4.50. The summed E-state index contributed by atoms with van der Waals surface area (Å²) < 4.78 is 18.3. The van der Waals surface area contributed by atoms with Crippen LogP contribution in [0.3, 0.4) is 0 Å². The first-order chi connectivity index (χ1) is 9.19. The minimum absolute atomic E-state index is 0.0978. The van der Waals surface area contributed by atoms with Crippen LogP contribution in [0.2, 0.25) is 0 Å². The van der Waals surface area contributed by atoms with E-state index in [0.717, 1.165) is 18.2 Å². The Bertz CT molecular complexity index is 388. The number of rotatable bonds is 6. The van der Waals surface area contributed by atoms with Gasteiger partial charge in [-0.25, -0.2) is 4.98 Å². The standard InChI is InChI=1S/C13H23N3O3/c1-10-6-16(7-12-9-18-4-5-19-12)13(14-10)15-11(2)8-17-3/h6,11-12H,4-5,7-9H2,1-3H3,(H,14,15). The first-order valence-electron chi connectivity index (χ1n) is 6.67. The Balaban J connectivity index is 1.98. The average molecular weight is 269 g/mol. The van der Waals surface area contributed by atoms with Crippen LogP contribution in [0.25, 0.3) is 0 Å². The smallest absolute Gasteiger partial charge is 0.203 e. The second kappa shape index (κ2) is 6.88. The molecule has 2 atom stereocenters. The first kappa shape index (κ1) is 14.3. The highest BCUT2D eigenvalue weighted by atomic mass is 16.6. The number of methoxy groups -OCH3 is 1. The van der Waals surface area contributed by atoms with Crippen molar-refractivity contribution in [1.82, 2.24) is 9.55 Å². The zero-order valence-corrected chi connectivity index (χ0v) is 11.9. The molecule has 19 heavy (non-hydrogen) atoms. The fourth-order valence-electron chi connectivity index (χ4n) is 2.17. The number of hydrogen-bond acceptors (Lipinski definition) is 5. The molecule has 0 bridgehead atoms. The third-order valence-electron chi connectivity index (χ3n) is 2.97. The van der Waals surface area contributed by atoms with E-state index in [1.165, 1.54) is 0 Å². The van der Waals surface area contributed by atoms with Crippen molar-refractivity contribution in [2.45, 2.75) is 32.5 Å². The van der Waals surface area contributed by atoms with Crippen LogP contribution in [0, 0.1) is 6.92 Å². The molecule has 1 N–H and O–H groups in total. The maximum atomic E-state index is 5.67.